The number of benzene rings is 1. The Labute approximate surface area is 113 Å². The van der Waals surface area contributed by atoms with Crippen LogP contribution in [0.15, 0.2) is 36.7 Å². The predicted octanol–water partition coefficient (Wildman–Crippen LogP) is 3.17. The first kappa shape index (κ1) is 13.0. The largest absolute Gasteiger partial charge is 0.336 e. The van der Waals surface area contributed by atoms with Crippen molar-refractivity contribution in [2.24, 2.45) is 0 Å². The Bertz CT molecular complexity index is 609. The Hall–Kier alpha value is -2.41. The average Bonchev–Trinajstić information content (AvgIpc) is 2.39. The number of nitrogens with one attached hydrogen (secondary N) is 1. The van der Waals surface area contributed by atoms with Crippen LogP contribution in [0.2, 0.25) is 0 Å². The fourth-order valence-corrected chi connectivity index (χ4v) is 1.67. The van der Waals surface area contributed by atoms with E-state index in [0.717, 1.165) is 11.1 Å². The normalized spacial score (nSPS) is 10.8. The van der Waals surface area contributed by atoms with Crippen molar-refractivity contribution in [3.05, 3.63) is 42.2 Å². The molecule has 19 heavy (non-hydrogen) atoms. The van der Waals surface area contributed by atoms with Crippen molar-refractivity contribution < 1.29 is 0 Å². The molecule has 0 aliphatic rings. The third-order valence-electron chi connectivity index (χ3n) is 2.71. The Morgan fingerprint density at radius 1 is 1.16 bits per heavy atom. The second kappa shape index (κ2) is 5.07. The van der Waals surface area contributed by atoms with Crippen LogP contribution < -0.4 is 5.32 Å². The Morgan fingerprint density at radius 2 is 1.84 bits per heavy atom. The lowest BCUT2D eigenvalue weighted by atomic mass is 10.1. The summed E-state index contributed by atoms with van der Waals surface area (Å²) in [6.07, 6.45) is 3.52. The SMILES string of the molecule is Cc1cccc(-c2cnc(NC(C)(C)C#N)nc2)c1. The monoisotopic (exact) mass is 252 g/mol. The first-order chi connectivity index (χ1) is 9.00. The highest BCUT2D eigenvalue weighted by molar-refractivity contribution is 5.62. The second-order valence-electron chi connectivity index (χ2n) is 5.03. The lowest BCUT2D eigenvalue weighted by Gasteiger charge is -2.17. The molecule has 0 spiro atoms. The zero-order valence-electron chi connectivity index (χ0n) is 11.3. The molecule has 1 aromatic carbocycles. The molecule has 1 N–H and O–H groups in total. The van der Waals surface area contributed by atoms with Crippen molar-refractivity contribution in [2.45, 2.75) is 26.3 Å². The average molecular weight is 252 g/mol. The summed E-state index contributed by atoms with van der Waals surface area (Å²) in [4.78, 5) is 8.49. The molecule has 0 aliphatic heterocycles. The summed E-state index contributed by atoms with van der Waals surface area (Å²) in [6.45, 7) is 5.62. The number of nitrogens with zero attached hydrogens (tertiary/aromatic N) is 3. The molecule has 0 fully saturated rings. The van der Waals surface area contributed by atoms with Crippen molar-refractivity contribution in [3.63, 3.8) is 0 Å². The van der Waals surface area contributed by atoms with E-state index in [1.807, 2.05) is 12.1 Å². The smallest absolute Gasteiger partial charge is 0.223 e. The van der Waals surface area contributed by atoms with Crippen LogP contribution in [0.3, 0.4) is 0 Å². The third kappa shape index (κ3) is 3.29. The van der Waals surface area contributed by atoms with E-state index in [1.165, 1.54) is 5.56 Å². The van der Waals surface area contributed by atoms with Crippen LogP contribution in [0, 0.1) is 18.3 Å². The molecule has 0 amide bonds. The molecule has 0 atom stereocenters. The summed E-state index contributed by atoms with van der Waals surface area (Å²) in [5, 5.41) is 11.9. The van der Waals surface area contributed by atoms with E-state index in [-0.39, 0.29) is 0 Å². The van der Waals surface area contributed by atoms with Crippen LogP contribution in [-0.4, -0.2) is 15.5 Å². The van der Waals surface area contributed by atoms with Crippen LogP contribution in [-0.2, 0) is 0 Å². The first-order valence-electron chi connectivity index (χ1n) is 6.09. The number of aromatic nitrogens is 2. The molecule has 0 bridgehead atoms. The quantitative estimate of drug-likeness (QED) is 0.911. The van der Waals surface area contributed by atoms with Crippen LogP contribution in [0.25, 0.3) is 11.1 Å². The topological polar surface area (TPSA) is 61.6 Å². The van der Waals surface area contributed by atoms with Crippen LogP contribution in [0.5, 0.6) is 0 Å². The number of anilines is 1. The number of hydrogen-bond donors (Lipinski definition) is 1. The summed E-state index contributed by atoms with van der Waals surface area (Å²) >= 11 is 0. The molecule has 1 heterocycles. The maximum absolute atomic E-state index is 8.95. The Morgan fingerprint density at radius 3 is 2.42 bits per heavy atom. The fourth-order valence-electron chi connectivity index (χ4n) is 1.67. The summed E-state index contributed by atoms with van der Waals surface area (Å²) < 4.78 is 0. The molecule has 1 aromatic heterocycles. The van der Waals surface area contributed by atoms with E-state index in [0.29, 0.717) is 5.95 Å². The van der Waals surface area contributed by atoms with Crippen molar-refractivity contribution >= 4 is 5.95 Å². The molecule has 2 aromatic rings. The molecule has 0 aliphatic carbocycles. The summed E-state index contributed by atoms with van der Waals surface area (Å²) in [5.41, 5.74) is 2.57. The van der Waals surface area contributed by atoms with Crippen molar-refractivity contribution in [1.82, 2.24) is 9.97 Å². The van der Waals surface area contributed by atoms with Crippen molar-refractivity contribution in [1.29, 1.82) is 5.26 Å². The van der Waals surface area contributed by atoms with Gasteiger partial charge in [-0.15, -0.1) is 0 Å². The molecule has 0 saturated carbocycles. The van der Waals surface area contributed by atoms with E-state index in [9.17, 15) is 0 Å². The van der Waals surface area contributed by atoms with Crippen LogP contribution in [0.4, 0.5) is 5.95 Å². The highest BCUT2D eigenvalue weighted by Gasteiger charge is 2.16. The summed E-state index contributed by atoms with van der Waals surface area (Å²) in [5.74, 6) is 0.461. The highest BCUT2D eigenvalue weighted by atomic mass is 15.1. The molecule has 4 nitrogen and oxygen atoms in total. The van der Waals surface area contributed by atoms with E-state index in [4.69, 9.17) is 5.26 Å². The molecule has 0 saturated heterocycles. The van der Waals surface area contributed by atoms with Gasteiger partial charge in [0, 0.05) is 18.0 Å². The van der Waals surface area contributed by atoms with Gasteiger partial charge < -0.3 is 5.32 Å². The van der Waals surface area contributed by atoms with E-state index in [1.54, 1.807) is 26.2 Å². The van der Waals surface area contributed by atoms with Gasteiger partial charge in [0.1, 0.15) is 5.54 Å². The Kier molecular flexibility index (Phi) is 3.48. The molecule has 0 unspecified atom stereocenters. The first-order valence-corrected chi connectivity index (χ1v) is 6.09. The van der Waals surface area contributed by atoms with Gasteiger partial charge in [-0.3, -0.25) is 0 Å². The Balaban J connectivity index is 2.22. The van der Waals surface area contributed by atoms with Crippen molar-refractivity contribution in [3.8, 4) is 17.2 Å². The minimum atomic E-state index is -0.676. The second-order valence-corrected chi connectivity index (χ2v) is 5.03. The molecule has 96 valence electrons. The standard InChI is InChI=1S/C15H16N4/c1-11-5-4-6-12(7-11)13-8-17-14(18-9-13)19-15(2,3)10-16/h4-9H,1-3H3,(H,17,18,19). The van der Waals surface area contributed by atoms with Gasteiger partial charge in [-0.25, -0.2) is 9.97 Å². The van der Waals surface area contributed by atoms with E-state index in [2.05, 4.69) is 40.4 Å². The summed E-state index contributed by atoms with van der Waals surface area (Å²) in [7, 11) is 0. The number of aryl methyl sites for hydroxylation is 1. The zero-order chi connectivity index (χ0) is 13.9. The molecular formula is C15H16N4. The van der Waals surface area contributed by atoms with Gasteiger partial charge in [0.25, 0.3) is 0 Å². The predicted molar refractivity (Wildman–Crippen MR) is 75.5 cm³/mol. The summed E-state index contributed by atoms with van der Waals surface area (Å²) in [6, 6.07) is 10.3. The fraction of sp³-hybridized carbons (Fsp3) is 0.267. The number of hydrogen-bond acceptors (Lipinski definition) is 4. The van der Waals surface area contributed by atoms with Crippen LogP contribution >= 0.6 is 0 Å². The zero-order valence-corrected chi connectivity index (χ0v) is 11.3. The molecular weight excluding hydrogens is 236 g/mol. The van der Waals surface area contributed by atoms with Gasteiger partial charge in [-0.2, -0.15) is 5.26 Å². The van der Waals surface area contributed by atoms with Crippen molar-refractivity contribution in [2.75, 3.05) is 5.32 Å². The highest BCUT2D eigenvalue weighted by Crippen LogP contribution is 2.19. The maximum Gasteiger partial charge on any atom is 0.223 e. The lowest BCUT2D eigenvalue weighted by molar-refractivity contribution is 0.717. The van der Waals surface area contributed by atoms with E-state index < -0.39 is 5.54 Å². The van der Waals surface area contributed by atoms with Gasteiger partial charge in [0.2, 0.25) is 5.95 Å². The van der Waals surface area contributed by atoms with Gasteiger partial charge >= 0.3 is 0 Å². The van der Waals surface area contributed by atoms with Gasteiger partial charge in [-0.05, 0) is 26.3 Å². The van der Waals surface area contributed by atoms with Gasteiger partial charge in [0.15, 0.2) is 0 Å². The van der Waals surface area contributed by atoms with E-state index >= 15 is 0 Å². The molecule has 2 rings (SSSR count). The third-order valence-corrected chi connectivity index (χ3v) is 2.71. The maximum atomic E-state index is 8.95. The number of rotatable bonds is 3. The van der Waals surface area contributed by atoms with Gasteiger partial charge in [0.05, 0.1) is 6.07 Å². The van der Waals surface area contributed by atoms with Crippen LogP contribution in [0.1, 0.15) is 19.4 Å². The minimum Gasteiger partial charge on any atom is -0.336 e. The molecule has 0 radical (unpaired) electrons. The lowest BCUT2D eigenvalue weighted by Crippen LogP contribution is -2.29. The molecule has 4 heteroatoms. The number of nitriles is 1. The van der Waals surface area contributed by atoms with Gasteiger partial charge in [-0.1, -0.05) is 29.8 Å². The minimum absolute atomic E-state index is 0.461.